The molecule has 2 heterocycles. The van der Waals surface area contributed by atoms with E-state index >= 15 is 0 Å². The van der Waals surface area contributed by atoms with E-state index in [1.807, 2.05) is 18.2 Å². The van der Waals surface area contributed by atoms with Gasteiger partial charge in [0, 0.05) is 11.6 Å². The minimum absolute atomic E-state index is 0.0997. The predicted molar refractivity (Wildman–Crippen MR) is 67.5 cm³/mol. The Morgan fingerprint density at radius 1 is 1.35 bits per heavy atom. The first kappa shape index (κ1) is 11.6. The summed E-state index contributed by atoms with van der Waals surface area (Å²) in [7, 11) is 0. The fraction of sp³-hybridized carbons (Fsp3) is 0.385. The minimum atomic E-state index is -0.0997. The minimum Gasteiger partial charge on any atom is -0.380 e. The molecule has 0 fully saturated rings. The number of hydrogen-bond donors (Lipinski definition) is 1. The molecule has 17 heavy (non-hydrogen) atoms. The maximum absolute atomic E-state index is 5.88. The topological polar surface area (TPSA) is 64.9 Å². The number of nitrogens with zero attached hydrogens (tertiary/aromatic N) is 2. The van der Waals surface area contributed by atoms with E-state index in [1.54, 1.807) is 6.20 Å². The van der Waals surface area contributed by atoms with Gasteiger partial charge in [-0.3, -0.25) is 4.98 Å². The van der Waals surface area contributed by atoms with E-state index in [0.717, 1.165) is 23.4 Å². The molecule has 0 saturated carbocycles. The first-order chi connectivity index (χ1) is 8.06. The summed E-state index contributed by atoms with van der Waals surface area (Å²) in [4.78, 5) is 4.31. The number of aromatic nitrogens is 2. The molecule has 0 saturated heterocycles. The van der Waals surface area contributed by atoms with Crippen LogP contribution in [0.25, 0.3) is 11.3 Å². The molecule has 4 heteroatoms. The van der Waals surface area contributed by atoms with Crippen LogP contribution in [0, 0.1) is 0 Å². The van der Waals surface area contributed by atoms with Crippen LogP contribution < -0.4 is 5.73 Å². The van der Waals surface area contributed by atoms with Gasteiger partial charge in [-0.05, 0) is 18.6 Å². The molecule has 90 valence electrons. The Bertz CT molecular complexity index is 503. The van der Waals surface area contributed by atoms with E-state index in [0.29, 0.717) is 5.82 Å². The Kier molecular flexibility index (Phi) is 2.88. The van der Waals surface area contributed by atoms with Crippen molar-refractivity contribution in [1.29, 1.82) is 0 Å². The van der Waals surface area contributed by atoms with Gasteiger partial charge in [-0.2, -0.15) is 0 Å². The van der Waals surface area contributed by atoms with Crippen molar-refractivity contribution in [1.82, 2.24) is 10.1 Å². The summed E-state index contributed by atoms with van der Waals surface area (Å²) in [6.45, 7) is 6.33. The second-order valence-corrected chi connectivity index (χ2v) is 4.72. The molecule has 2 N–H and O–H groups in total. The van der Waals surface area contributed by atoms with Gasteiger partial charge in [-0.25, -0.2) is 0 Å². The Morgan fingerprint density at radius 3 is 2.71 bits per heavy atom. The predicted octanol–water partition coefficient (Wildman–Crippen LogP) is 3.01. The van der Waals surface area contributed by atoms with Gasteiger partial charge in [0.1, 0.15) is 0 Å². The van der Waals surface area contributed by atoms with E-state index in [2.05, 4.69) is 30.9 Å². The molecule has 0 radical (unpaired) electrons. The average molecular weight is 231 g/mol. The van der Waals surface area contributed by atoms with Crippen molar-refractivity contribution in [3.8, 4) is 11.3 Å². The highest BCUT2D eigenvalue weighted by Crippen LogP contribution is 2.37. The molecule has 0 aliphatic heterocycles. The number of rotatable bonds is 3. The summed E-state index contributed by atoms with van der Waals surface area (Å²) >= 11 is 0. The normalized spacial score (nSPS) is 11.7. The second-order valence-electron chi connectivity index (χ2n) is 4.72. The first-order valence-corrected chi connectivity index (χ1v) is 5.73. The van der Waals surface area contributed by atoms with Crippen molar-refractivity contribution in [2.45, 2.75) is 32.6 Å². The Hall–Kier alpha value is -1.84. The third-order valence-electron chi connectivity index (χ3n) is 3.14. The molecule has 4 nitrogen and oxygen atoms in total. The quantitative estimate of drug-likeness (QED) is 0.881. The molecule has 0 atom stereocenters. The Morgan fingerprint density at radius 2 is 2.12 bits per heavy atom. The van der Waals surface area contributed by atoms with Gasteiger partial charge in [0.05, 0.1) is 11.3 Å². The maximum Gasteiger partial charge on any atom is 0.176 e. The van der Waals surface area contributed by atoms with E-state index in [9.17, 15) is 0 Å². The van der Waals surface area contributed by atoms with Crippen molar-refractivity contribution in [2.75, 3.05) is 5.73 Å². The van der Waals surface area contributed by atoms with Crippen molar-refractivity contribution < 1.29 is 4.52 Å². The molecule has 2 aromatic heterocycles. The van der Waals surface area contributed by atoms with E-state index < -0.39 is 0 Å². The van der Waals surface area contributed by atoms with Gasteiger partial charge < -0.3 is 10.3 Å². The largest absolute Gasteiger partial charge is 0.380 e. The smallest absolute Gasteiger partial charge is 0.176 e. The molecular weight excluding hydrogens is 214 g/mol. The molecule has 0 aromatic carbocycles. The van der Waals surface area contributed by atoms with Crippen LogP contribution >= 0.6 is 0 Å². The van der Waals surface area contributed by atoms with Gasteiger partial charge >= 0.3 is 0 Å². The number of nitrogen functional groups attached to an aromatic ring is 1. The molecule has 0 bridgehead atoms. The van der Waals surface area contributed by atoms with Gasteiger partial charge in [0.2, 0.25) is 0 Å². The lowest BCUT2D eigenvalue weighted by Gasteiger charge is -2.20. The fourth-order valence-electron chi connectivity index (χ4n) is 1.68. The average Bonchev–Trinajstić information content (AvgIpc) is 2.73. The van der Waals surface area contributed by atoms with Crippen molar-refractivity contribution in [3.63, 3.8) is 0 Å². The molecule has 0 spiro atoms. The van der Waals surface area contributed by atoms with Crippen LogP contribution in [0.5, 0.6) is 0 Å². The van der Waals surface area contributed by atoms with Crippen LogP contribution in [-0.4, -0.2) is 10.1 Å². The van der Waals surface area contributed by atoms with E-state index in [1.165, 1.54) is 0 Å². The third kappa shape index (κ3) is 2.02. The van der Waals surface area contributed by atoms with Crippen LogP contribution in [0.3, 0.4) is 0 Å². The molecule has 0 unspecified atom stereocenters. The summed E-state index contributed by atoms with van der Waals surface area (Å²) in [5, 5.41) is 3.87. The Labute approximate surface area is 101 Å². The van der Waals surface area contributed by atoms with Crippen LogP contribution in [0.1, 0.15) is 33.0 Å². The zero-order valence-electron chi connectivity index (χ0n) is 10.4. The first-order valence-electron chi connectivity index (χ1n) is 5.73. The second kappa shape index (κ2) is 4.20. The Balaban J connectivity index is 2.59. The van der Waals surface area contributed by atoms with Crippen molar-refractivity contribution >= 4 is 5.82 Å². The molecule has 2 rings (SSSR count). The highest BCUT2D eigenvalue weighted by atomic mass is 16.5. The SMILES string of the molecule is CCC(C)(C)c1onc(N)c1-c1ccccn1. The van der Waals surface area contributed by atoms with Crippen molar-refractivity contribution in [3.05, 3.63) is 30.2 Å². The van der Waals surface area contributed by atoms with E-state index in [4.69, 9.17) is 10.3 Å². The number of anilines is 1. The summed E-state index contributed by atoms with van der Waals surface area (Å²) in [6, 6.07) is 5.72. The number of hydrogen-bond acceptors (Lipinski definition) is 4. The molecule has 0 aliphatic rings. The molecule has 0 amide bonds. The van der Waals surface area contributed by atoms with Crippen LogP contribution in [0.15, 0.2) is 28.9 Å². The van der Waals surface area contributed by atoms with Crippen LogP contribution in [-0.2, 0) is 5.41 Å². The van der Waals surface area contributed by atoms with E-state index in [-0.39, 0.29) is 5.41 Å². The summed E-state index contributed by atoms with van der Waals surface area (Å²) in [5.74, 6) is 1.21. The van der Waals surface area contributed by atoms with Crippen LogP contribution in [0.4, 0.5) is 5.82 Å². The lowest BCUT2D eigenvalue weighted by atomic mass is 9.84. The third-order valence-corrected chi connectivity index (χ3v) is 3.14. The van der Waals surface area contributed by atoms with Gasteiger partial charge in [0.25, 0.3) is 0 Å². The highest BCUT2D eigenvalue weighted by Gasteiger charge is 2.29. The molecule has 0 aliphatic carbocycles. The summed E-state index contributed by atoms with van der Waals surface area (Å²) < 4.78 is 5.39. The van der Waals surface area contributed by atoms with Crippen molar-refractivity contribution in [2.24, 2.45) is 0 Å². The summed E-state index contributed by atoms with van der Waals surface area (Å²) in [5.41, 5.74) is 7.41. The standard InChI is InChI=1S/C13H17N3O/c1-4-13(2,3)11-10(12(14)16-17-11)9-7-5-6-8-15-9/h5-8H,4H2,1-3H3,(H2,14,16). The molecular formula is C13H17N3O. The highest BCUT2D eigenvalue weighted by molar-refractivity contribution is 5.73. The zero-order chi connectivity index (χ0) is 12.5. The van der Waals surface area contributed by atoms with Gasteiger partial charge in [0.15, 0.2) is 11.6 Å². The number of pyridine rings is 1. The van der Waals surface area contributed by atoms with Gasteiger partial charge in [-0.1, -0.05) is 32.0 Å². The van der Waals surface area contributed by atoms with Gasteiger partial charge in [-0.15, -0.1) is 0 Å². The van der Waals surface area contributed by atoms with Crippen LogP contribution in [0.2, 0.25) is 0 Å². The lowest BCUT2D eigenvalue weighted by molar-refractivity contribution is 0.313. The zero-order valence-corrected chi connectivity index (χ0v) is 10.4. The maximum atomic E-state index is 5.88. The number of nitrogens with two attached hydrogens (primary N) is 1. The fourth-order valence-corrected chi connectivity index (χ4v) is 1.68. The lowest BCUT2D eigenvalue weighted by Crippen LogP contribution is -2.15. The molecule has 2 aromatic rings. The monoisotopic (exact) mass is 231 g/mol. The summed E-state index contributed by atoms with van der Waals surface area (Å²) in [6.07, 6.45) is 2.69.